The Morgan fingerprint density at radius 2 is 1.78 bits per heavy atom. The van der Waals surface area contributed by atoms with Crippen LogP contribution >= 0.6 is 0 Å². The minimum atomic E-state index is -3.46. The zero-order valence-electron chi connectivity index (χ0n) is 10.7. The van der Waals surface area contributed by atoms with Crippen molar-refractivity contribution < 1.29 is 17.9 Å². The molecule has 0 radical (unpaired) electrons. The number of esters is 1. The largest absolute Gasteiger partial charge is 0.462 e. The SMILES string of the molecule is CCCOC(=O)c1ccc(S(=O)(=O)N(C)C)cc1. The lowest BCUT2D eigenvalue weighted by Crippen LogP contribution is -2.22. The summed E-state index contributed by atoms with van der Waals surface area (Å²) in [6, 6.07) is 5.71. The van der Waals surface area contributed by atoms with Crippen LogP contribution in [0, 0.1) is 0 Å². The minimum Gasteiger partial charge on any atom is -0.462 e. The third-order valence-electron chi connectivity index (χ3n) is 2.31. The Hall–Kier alpha value is -1.40. The molecule has 0 unspecified atom stereocenters. The molecule has 0 spiro atoms. The fraction of sp³-hybridized carbons (Fsp3) is 0.417. The smallest absolute Gasteiger partial charge is 0.338 e. The van der Waals surface area contributed by atoms with Gasteiger partial charge in [0.05, 0.1) is 17.1 Å². The zero-order chi connectivity index (χ0) is 13.8. The zero-order valence-corrected chi connectivity index (χ0v) is 11.5. The summed E-state index contributed by atoms with van der Waals surface area (Å²) in [6.45, 7) is 2.26. The van der Waals surface area contributed by atoms with Gasteiger partial charge in [-0.05, 0) is 30.7 Å². The molecular formula is C12H17NO4S. The predicted molar refractivity (Wildman–Crippen MR) is 67.9 cm³/mol. The van der Waals surface area contributed by atoms with Gasteiger partial charge in [-0.25, -0.2) is 17.5 Å². The van der Waals surface area contributed by atoms with Crippen LogP contribution in [0.2, 0.25) is 0 Å². The second-order valence-electron chi connectivity index (χ2n) is 3.95. The summed E-state index contributed by atoms with van der Waals surface area (Å²) in [5.41, 5.74) is 0.348. The van der Waals surface area contributed by atoms with Gasteiger partial charge in [-0.1, -0.05) is 6.92 Å². The molecule has 0 aliphatic rings. The van der Waals surface area contributed by atoms with Crippen molar-refractivity contribution in [2.75, 3.05) is 20.7 Å². The highest BCUT2D eigenvalue weighted by atomic mass is 32.2. The Balaban J connectivity index is 2.90. The molecule has 0 N–H and O–H groups in total. The number of benzene rings is 1. The number of sulfonamides is 1. The lowest BCUT2D eigenvalue weighted by atomic mass is 10.2. The maximum absolute atomic E-state index is 11.8. The molecule has 0 saturated carbocycles. The molecule has 6 heteroatoms. The molecule has 0 heterocycles. The van der Waals surface area contributed by atoms with Crippen LogP contribution < -0.4 is 0 Å². The number of carbonyl (C=O) groups excluding carboxylic acids is 1. The minimum absolute atomic E-state index is 0.152. The van der Waals surface area contributed by atoms with Crippen molar-refractivity contribution in [3.05, 3.63) is 29.8 Å². The van der Waals surface area contributed by atoms with Gasteiger partial charge in [0.25, 0.3) is 0 Å². The first-order valence-electron chi connectivity index (χ1n) is 5.59. The van der Waals surface area contributed by atoms with Gasteiger partial charge in [-0.2, -0.15) is 0 Å². The number of rotatable bonds is 5. The number of hydrogen-bond acceptors (Lipinski definition) is 4. The van der Waals surface area contributed by atoms with Gasteiger partial charge in [0.1, 0.15) is 0 Å². The highest BCUT2D eigenvalue weighted by Gasteiger charge is 2.17. The van der Waals surface area contributed by atoms with Gasteiger partial charge in [0, 0.05) is 14.1 Å². The van der Waals surface area contributed by atoms with Gasteiger partial charge in [-0.15, -0.1) is 0 Å². The van der Waals surface area contributed by atoms with E-state index in [0.717, 1.165) is 10.7 Å². The van der Waals surface area contributed by atoms with Crippen molar-refractivity contribution in [1.82, 2.24) is 4.31 Å². The molecule has 1 aromatic carbocycles. The van der Waals surface area contributed by atoms with E-state index in [-0.39, 0.29) is 4.90 Å². The van der Waals surface area contributed by atoms with Gasteiger partial charge < -0.3 is 4.74 Å². The molecule has 0 saturated heterocycles. The van der Waals surface area contributed by atoms with Crippen LogP contribution in [0.5, 0.6) is 0 Å². The van der Waals surface area contributed by atoms with Crippen molar-refractivity contribution in [2.45, 2.75) is 18.2 Å². The molecule has 5 nitrogen and oxygen atoms in total. The standard InChI is InChI=1S/C12H17NO4S/c1-4-9-17-12(14)10-5-7-11(8-6-10)18(15,16)13(2)3/h5-8H,4,9H2,1-3H3. The molecule has 0 amide bonds. The summed E-state index contributed by atoms with van der Waals surface area (Å²) < 4.78 is 29.7. The van der Waals surface area contributed by atoms with Crippen molar-refractivity contribution in [1.29, 1.82) is 0 Å². The fourth-order valence-electron chi connectivity index (χ4n) is 1.25. The highest BCUT2D eigenvalue weighted by Crippen LogP contribution is 2.14. The van der Waals surface area contributed by atoms with E-state index in [1.807, 2.05) is 6.92 Å². The van der Waals surface area contributed by atoms with Crippen LogP contribution in [0.4, 0.5) is 0 Å². The summed E-state index contributed by atoms with van der Waals surface area (Å²) in [4.78, 5) is 11.7. The van der Waals surface area contributed by atoms with E-state index in [0.29, 0.717) is 12.2 Å². The maximum atomic E-state index is 11.8. The third-order valence-corrected chi connectivity index (χ3v) is 4.14. The van der Waals surface area contributed by atoms with Gasteiger partial charge in [-0.3, -0.25) is 0 Å². The molecule has 18 heavy (non-hydrogen) atoms. The highest BCUT2D eigenvalue weighted by molar-refractivity contribution is 7.89. The lowest BCUT2D eigenvalue weighted by molar-refractivity contribution is 0.0505. The molecule has 100 valence electrons. The van der Waals surface area contributed by atoms with E-state index in [2.05, 4.69) is 0 Å². The van der Waals surface area contributed by atoms with Crippen molar-refractivity contribution in [2.24, 2.45) is 0 Å². The summed E-state index contributed by atoms with van der Waals surface area (Å²) in [5.74, 6) is -0.439. The summed E-state index contributed by atoms with van der Waals surface area (Å²) in [7, 11) is -0.541. The number of ether oxygens (including phenoxy) is 1. The second-order valence-corrected chi connectivity index (χ2v) is 6.10. The van der Waals surface area contributed by atoms with Crippen LogP contribution in [0.3, 0.4) is 0 Å². The number of carbonyl (C=O) groups is 1. The summed E-state index contributed by atoms with van der Waals surface area (Å²) in [5, 5.41) is 0. The number of nitrogens with zero attached hydrogens (tertiary/aromatic N) is 1. The average molecular weight is 271 g/mol. The quantitative estimate of drug-likeness (QED) is 0.761. The van der Waals surface area contributed by atoms with Crippen molar-refractivity contribution in [3.8, 4) is 0 Å². The Bertz CT molecular complexity index is 505. The first kappa shape index (κ1) is 14.7. The maximum Gasteiger partial charge on any atom is 0.338 e. The van der Waals surface area contributed by atoms with Crippen LogP contribution in [-0.4, -0.2) is 39.4 Å². The molecule has 0 bridgehead atoms. The molecule has 1 aromatic rings. The molecular weight excluding hydrogens is 254 g/mol. The predicted octanol–water partition coefficient (Wildman–Crippen LogP) is 1.50. The van der Waals surface area contributed by atoms with Gasteiger partial charge in [0.15, 0.2) is 0 Å². The molecule has 0 fully saturated rings. The normalized spacial score (nSPS) is 11.6. The Morgan fingerprint density at radius 3 is 2.22 bits per heavy atom. The average Bonchev–Trinajstić information content (AvgIpc) is 2.35. The third kappa shape index (κ3) is 3.30. The number of hydrogen-bond donors (Lipinski definition) is 0. The molecule has 0 atom stereocenters. The van der Waals surface area contributed by atoms with Gasteiger partial charge >= 0.3 is 5.97 Å². The fourth-order valence-corrected chi connectivity index (χ4v) is 2.15. The van der Waals surface area contributed by atoms with Crippen molar-refractivity contribution in [3.63, 3.8) is 0 Å². The van der Waals surface area contributed by atoms with Crippen LogP contribution in [-0.2, 0) is 14.8 Å². The Morgan fingerprint density at radius 1 is 1.22 bits per heavy atom. The lowest BCUT2D eigenvalue weighted by Gasteiger charge is -2.11. The van der Waals surface area contributed by atoms with E-state index < -0.39 is 16.0 Å². The van der Waals surface area contributed by atoms with Crippen molar-refractivity contribution >= 4 is 16.0 Å². The summed E-state index contributed by atoms with van der Waals surface area (Å²) >= 11 is 0. The Labute approximate surface area is 107 Å². The van der Waals surface area contributed by atoms with E-state index >= 15 is 0 Å². The molecule has 0 aromatic heterocycles. The topological polar surface area (TPSA) is 63.7 Å². The van der Waals surface area contributed by atoms with E-state index in [1.54, 1.807) is 0 Å². The van der Waals surface area contributed by atoms with Crippen LogP contribution in [0.15, 0.2) is 29.2 Å². The molecule has 0 aliphatic carbocycles. The first-order valence-corrected chi connectivity index (χ1v) is 7.03. The van der Waals surface area contributed by atoms with Crippen LogP contribution in [0.25, 0.3) is 0 Å². The monoisotopic (exact) mass is 271 g/mol. The molecule has 1 rings (SSSR count). The van der Waals surface area contributed by atoms with E-state index in [4.69, 9.17) is 4.74 Å². The second kappa shape index (κ2) is 5.97. The van der Waals surface area contributed by atoms with Gasteiger partial charge in [0.2, 0.25) is 10.0 Å². The van der Waals surface area contributed by atoms with Crippen LogP contribution in [0.1, 0.15) is 23.7 Å². The Kier molecular flexibility index (Phi) is 4.86. The molecule has 0 aliphatic heterocycles. The first-order chi connectivity index (χ1) is 8.39. The van der Waals surface area contributed by atoms with E-state index in [9.17, 15) is 13.2 Å². The summed E-state index contributed by atoms with van der Waals surface area (Å²) in [6.07, 6.45) is 0.749. The van der Waals surface area contributed by atoms with E-state index in [1.165, 1.54) is 38.4 Å².